The second-order valence-corrected chi connectivity index (χ2v) is 7.47. The van der Waals surface area contributed by atoms with Crippen LogP contribution >= 0.6 is 0 Å². The largest absolute Gasteiger partial charge is 0.339 e. The molecule has 120 valence electrons. The molecular formula is C19H28N2O. The van der Waals surface area contributed by atoms with Gasteiger partial charge in [-0.05, 0) is 70.2 Å². The van der Waals surface area contributed by atoms with Gasteiger partial charge >= 0.3 is 0 Å². The lowest BCUT2D eigenvalue weighted by molar-refractivity contribution is 0.0725. The molecule has 1 aromatic carbocycles. The number of carbonyl (C=O) groups is 1. The number of hydrogen-bond donors (Lipinski definition) is 0. The summed E-state index contributed by atoms with van der Waals surface area (Å²) in [5, 5.41) is 0. The van der Waals surface area contributed by atoms with Crippen LogP contribution in [0.3, 0.4) is 0 Å². The van der Waals surface area contributed by atoms with E-state index in [1.165, 1.54) is 25.7 Å². The van der Waals surface area contributed by atoms with Crippen molar-refractivity contribution in [3.8, 4) is 0 Å². The summed E-state index contributed by atoms with van der Waals surface area (Å²) in [6.07, 6.45) is 4.98. The lowest BCUT2D eigenvalue weighted by Crippen LogP contribution is -2.36. The minimum Gasteiger partial charge on any atom is -0.339 e. The van der Waals surface area contributed by atoms with E-state index in [2.05, 4.69) is 19.0 Å². The molecule has 0 radical (unpaired) electrons. The molecule has 1 aromatic rings. The molecule has 0 bridgehead atoms. The summed E-state index contributed by atoms with van der Waals surface area (Å²) >= 11 is 0. The molecule has 0 spiro atoms. The third-order valence-electron chi connectivity index (χ3n) is 5.94. The van der Waals surface area contributed by atoms with Crippen molar-refractivity contribution < 1.29 is 4.79 Å². The number of nitrogens with zero attached hydrogens (tertiary/aromatic N) is 2. The van der Waals surface area contributed by atoms with Crippen LogP contribution < -0.4 is 0 Å². The molecule has 0 aliphatic heterocycles. The van der Waals surface area contributed by atoms with Gasteiger partial charge in [-0.15, -0.1) is 0 Å². The first kappa shape index (κ1) is 15.5. The molecule has 2 aliphatic carbocycles. The van der Waals surface area contributed by atoms with Gasteiger partial charge in [0.15, 0.2) is 0 Å². The molecule has 2 unspecified atom stereocenters. The highest BCUT2D eigenvalue weighted by molar-refractivity contribution is 5.95. The van der Waals surface area contributed by atoms with Gasteiger partial charge in [-0.3, -0.25) is 4.79 Å². The Morgan fingerprint density at radius 1 is 0.955 bits per heavy atom. The molecule has 3 heteroatoms. The SMILES string of the molecule is Cc1ccccc1C(=O)N(C)C1C[C@H]2CC(N(C)C)C[C@H]2C1. The van der Waals surface area contributed by atoms with Crippen molar-refractivity contribution in [2.75, 3.05) is 21.1 Å². The number of carbonyl (C=O) groups excluding carboxylic acids is 1. The Morgan fingerprint density at radius 3 is 2.05 bits per heavy atom. The second-order valence-electron chi connectivity index (χ2n) is 7.47. The Bertz CT molecular complexity index is 540. The van der Waals surface area contributed by atoms with Crippen LogP contribution in [0.5, 0.6) is 0 Å². The van der Waals surface area contributed by atoms with Gasteiger partial charge < -0.3 is 9.80 Å². The van der Waals surface area contributed by atoms with Crippen LogP contribution in [0.15, 0.2) is 24.3 Å². The number of fused-ring (bicyclic) bond motifs is 1. The average molecular weight is 300 g/mol. The molecule has 0 heterocycles. The van der Waals surface area contributed by atoms with Gasteiger partial charge in [0.1, 0.15) is 0 Å². The first-order valence-corrected chi connectivity index (χ1v) is 8.46. The fraction of sp³-hybridized carbons (Fsp3) is 0.632. The van der Waals surface area contributed by atoms with Crippen molar-refractivity contribution in [2.24, 2.45) is 11.8 Å². The summed E-state index contributed by atoms with van der Waals surface area (Å²) in [6, 6.07) is 9.09. The van der Waals surface area contributed by atoms with Crippen molar-refractivity contribution in [1.82, 2.24) is 9.80 Å². The zero-order valence-corrected chi connectivity index (χ0v) is 14.2. The Kier molecular flexibility index (Phi) is 4.26. The number of benzene rings is 1. The van der Waals surface area contributed by atoms with E-state index in [1.54, 1.807) is 0 Å². The lowest BCUT2D eigenvalue weighted by Gasteiger charge is -2.27. The standard InChI is InChI=1S/C19H28N2O/c1-13-7-5-6-8-18(13)19(22)21(4)17-11-14-9-16(20(2)3)10-15(14)12-17/h5-8,14-17H,9-12H2,1-4H3/t14-,15+,16?,17?. The highest BCUT2D eigenvalue weighted by atomic mass is 16.2. The number of amides is 1. The lowest BCUT2D eigenvalue weighted by atomic mass is 10.0. The Labute approximate surface area is 134 Å². The van der Waals surface area contributed by atoms with Crippen molar-refractivity contribution in [1.29, 1.82) is 0 Å². The molecule has 2 aliphatic rings. The van der Waals surface area contributed by atoms with Gasteiger partial charge in [0.2, 0.25) is 0 Å². The average Bonchev–Trinajstić information content (AvgIpc) is 3.04. The molecule has 4 atom stereocenters. The van der Waals surface area contributed by atoms with E-state index in [0.29, 0.717) is 6.04 Å². The summed E-state index contributed by atoms with van der Waals surface area (Å²) in [6.45, 7) is 2.02. The molecule has 2 fully saturated rings. The van der Waals surface area contributed by atoms with Crippen LogP contribution in [0.1, 0.15) is 41.6 Å². The van der Waals surface area contributed by atoms with E-state index in [4.69, 9.17) is 0 Å². The van der Waals surface area contributed by atoms with Crippen molar-refractivity contribution >= 4 is 5.91 Å². The Morgan fingerprint density at radius 2 is 1.50 bits per heavy atom. The zero-order chi connectivity index (χ0) is 15.9. The molecule has 0 N–H and O–H groups in total. The minimum atomic E-state index is 0.187. The van der Waals surface area contributed by atoms with E-state index in [9.17, 15) is 4.79 Å². The van der Waals surface area contributed by atoms with E-state index < -0.39 is 0 Å². The van der Waals surface area contributed by atoms with Crippen LogP contribution in [0.2, 0.25) is 0 Å². The first-order chi connectivity index (χ1) is 10.5. The van der Waals surface area contributed by atoms with Crippen LogP contribution in [-0.4, -0.2) is 48.9 Å². The quantitative estimate of drug-likeness (QED) is 0.856. The molecule has 3 rings (SSSR count). The van der Waals surface area contributed by atoms with Gasteiger partial charge in [0.05, 0.1) is 0 Å². The van der Waals surface area contributed by atoms with Gasteiger partial charge in [0.25, 0.3) is 5.91 Å². The van der Waals surface area contributed by atoms with Crippen LogP contribution in [-0.2, 0) is 0 Å². The predicted molar refractivity (Wildman–Crippen MR) is 90.0 cm³/mol. The minimum absolute atomic E-state index is 0.187. The first-order valence-electron chi connectivity index (χ1n) is 8.46. The monoisotopic (exact) mass is 300 g/mol. The van der Waals surface area contributed by atoms with Crippen molar-refractivity contribution in [2.45, 2.75) is 44.7 Å². The summed E-state index contributed by atoms with van der Waals surface area (Å²) in [7, 11) is 6.37. The number of rotatable bonds is 3. The van der Waals surface area contributed by atoms with Gasteiger partial charge in [0, 0.05) is 24.7 Å². The Balaban J connectivity index is 1.65. The topological polar surface area (TPSA) is 23.6 Å². The van der Waals surface area contributed by atoms with E-state index >= 15 is 0 Å². The van der Waals surface area contributed by atoms with E-state index in [-0.39, 0.29) is 5.91 Å². The van der Waals surface area contributed by atoms with Crippen LogP contribution in [0.4, 0.5) is 0 Å². The predicted octanol–water partition coefficient (Wildman–Crippen LogP) is 3.19. The fourth-order valence-corrected chi connectivity index (χ4v) is 4.46. The maximum absolute atomic E-state index is 12.8. The third-order valence-corrected chi connectivity index (χ3v) is 5.94. The van der Waals surface area contributed by atoms with E-state index in [1.807, 2.05) is 43.1 Å². The van der Waals surface area contributed by atoms with Gasteiger partial charge in [-0.1, -0.05) is 18.2 Å². The highest BCUT2D eigenvalue weighted by Gasteiger charge is 2.44. The van der Waals surface area contributed by atoms with Crippen LogP contribution in [0, 0.1) is 18.8 Å². The summed E-state index contributed by atoms with van der Waals surface area (Å²) in [4.78, 5) is 17.1. The second kappa shape index (κ2) is 6.04. The molecule has 2 saturated carbocycles. The molecule has 0 saturated heterocycles. The van der Waals surface area contributed by atoms with Crippen molar-refractivity contribution in [3.63, 3.8) is 0 Å². The number of aryl methyl sites for hydroxylation is 1. The van der Waals surface area contributed by atoms with Crippen molar-refractivity contribution in [3.05, 3.63) is 35.4 Å². The summed E-state index contributed by atoms with van der Waals surface area (Å²) in [5.41, 5.74) is 1.93. The molecule has 0 aromatic heterocycles. The summed E-state index contributed by atoms with van der Waals surface area (Å²) < 4.78 is 0. The summed E-state index contributed by atoms with van der Waals surface area (Å²) in [5.74, 6) is 1.81. The smallest absolute Gasteiger partial charge is 0.254 e. The maximum atomic E-state index is 12.8. The van der Waals surface area contributed by atoms with Gasteiger partial charge in [-0.2, -0.15) is 0 Å². The molecule has 22 heavy (non-hydrogen) atoms. The third kappa shape index (κ3) is 2.79. The molecule has 1 amide bonds. The van der Waals surface area contributed by atoms with Gasteiger partial charge in [-0.25, -0.2) is 0 Å². The highest BCUT2D eigenvalue weighted by Crippen LogP contribution is 2.46. The normalized spacial score (nSPS) is 30.6. The Hall–Kier alpha value is -1.35. The zero-order valence-electron chi connectivity index (χ0n) is 14.2. The van der Waals surface area contributed by atoms with E-state index in [0.717, 1.165) is 29.0 Å². The maximum Gasteiger partial charge on any atom is 0.254 e. The number of hydrogen-bond acceptors (Lipinski definition) is 2. The fourth-order valence-electron chi connectivity index (χ4n) is 4.46. The molecule has 3 nitrogen and oxygen atoms in total. The van der Waals surface area contributed by atoms with Crippen LogP contribution in [0.25, 0.3) is 0 Å². The molecular weight excluding hydrogens is 272 g/mol.